The quantitative estimate of drug-likeness (QED) is 0.854. The lowest BCUT2D eigenvalue weighted by Crippen LogP contribution is -2.40. The summed E-state index contributed by atoms with van der Waals surface area (Å²) in [6.45, 7) is 7.79. The van der Waals surface area contributed by atoms with E-state index in [4.69, 9.17) is 4.74 Å². The van der Waals surface area contributed by atoms with Crippen molar-refractivity contribution in [2.24, 2.45) is 5.41 Å². The monoisotopic (exact) mass is 309 g/mol. The number of hydrogen-bond acceptors (Lipinski definition) is 5. The molecule has 2 fully saturated rings. The Balaban J connectivity index is 1.54. The van der Waals surface area contributed by atoms with Crippen LogP contribution < -0.4 is 0 Å². The number of aryl methyl sites for hydroxylation is 1. The molecular formula is C16H27N3OS. The molecule has 0 radical (unpaired) electrons. The topological polar surface area (TPSA) is 28.6 Å². The lowest BCUT2D eigenvalue weighted by Gasteiger charge is -2.39. The van der Waals surface area contributed by atoms with E-state index in [1.165, 1.54) is 49.5 Å². The molecule has 1 atom stereocenters. The van der Waals surface area contributed by atoms with Gasteiger partial charge in [0.2, 0.25) is 0 Å². The van der Waals surface area contributed by atoms with Crippen molar-refractivity contribution >= 4 is 11.3 Å². The van der Waals surface area contributed by atoms with Gasteiger partial charge in [0, 0.05) is 31.1 Å². The van der Waals surface area contributed by atoms with Gasteiger partial charge in [-0.3, -0.25) is 4.90 Å². The van der Waals surface area contributed by atoms with E-state index in [9.17, 15) is 0 Å². The van der Waals surface area contributed by atoms with E-state index in [2.05, 4.69) is 28.8 Å². The van der Waals surface area contributed by atoms with Gasteiger partial charge in [0.05, 0.1) is 17.8 Å². The lowest BCUT2D eigenvalue weighted by molar-refractivity contribution is 0.105. The van der Waals surface area contributed by atoms with Crippen molar-refractivity contribution in [2.45, 2.75) is 38.8 Å². The average Bonchev–Trinajstić information content (AvgIpc) is 2.99. The van der Waals surface area contributed by atoms with Crippen LogP contribution in [-0.4, -0.2) is 61.2 Å². The Labute approximate surface area is 132 Å². The van der Waals surface area contributed by atoms with Crippen LogP contribution in [0.5, 0.6) is 0 Å². The van der Waals surface area contributed by atoms with Gasteiger partial charge in [-0.1, -0.05) is 0 Å². The van der Waals surface area contributed by atoms with Crippen molar-refractivity contribution in [2.75, 3.05) is 40.4 Å². The second-order valence-corrected chi connectivity index (χ2v) is 7.80. The largest absolute Gasteiger partial charge is 0.383 e. The summed E-state index contributed by atoms with van der Waals surface area (Å²) in [5.41, 5.74) is 3.72. The molecule has 0 bridgehead atoms. The molecule has 0 unspecified atom stereocenters. The van der Waals surface area contributed by atoms with Gasteiger partial charge in [-0.05, 0) is 51.7 Å². The highest BCUT2D eigenvalue weighted by atomic mass is 32.1. The molecule has 2 aliphatic heterocycles. The summed E-state index contributed by atoms with van der Waals surface area (Å²) in [7, 11) is 4.07. The number of ether oxygens (including phenoxy) is 1. The first-order valence-corrected chi connectivity index (χ1v) is 8.80. The third-order valence-electron chi connectivity index (χ3n) is 5.36. The maximum absolute atomic E-state index is 5.38. The van der Waals surface area contributed by atoms with Gasteiger partial charge in [0.15, 0.2) is 0 Å². The van der Waals surface area contributed by atoms with Crippen LogP contribution in [0.2, 0.25) is 0 Å². The number of hydrogen-bond donors (Lipinski definition) is 0. The predicted octanol–water partition coefficient (Wildman–Crippen LogP) is 2.38. The lowest BCUT2D eigenvalue weighted by atomic mass is 9.76. The first kappa shape index (κ1) is 15.4. The average molecular weight is 309 g/mol. The number of likely N-dealkylation sites (tertiary alicyclic amines) is 2. The van der Waals surface area contributed by atoms with Crippen LogP contribution in [0.15, 0.2) is 5.51 Å². The third-order valence-corrected chi connectivity index (χ3v) is 6.28. The van der Waals surface area contributed by atoms with E-state index in [-0.39, 0.29) is 0 Å². The Kier molecular flexibility index (Phi) is 4.64. The highest BCUT2D eigenvalue weighted by Crippen LogP contribution is 2.43. The number of piperidine rings is 1. The smallest absolute Gasteiger partial charge is 0.0798 e. The van der Waals surface area contributed by atoms with E-state index >= 15 is 0 Å². The standard InChI is InChI=1S/C16H27N3OS/c1-13-15(21-12-17-13)9-19-6-4-16(5-7-19)8-14(10-20-3)18(2)11-16/h12,14H,4-11H2,1-3H3/t14-/m0/s1. The van der Waals surface area contributed by atoms with Gasteiger partial charge in [-0.2, -0.15) is 0 Å². The van der Waals surface area contributed by atoms with Crippen molar-refractivity contribution in [3.8, 4) is 0 Å². The molecule has 5 heteroatoms. The summed E-state index contributed by atoms with van der Waals surface area (Å²) in [6, 6.07) is 0.616. The summed E-state index contributed by atoms with van der Waals surface area (Å²) in [5, 5.41) is 0. The Morgan fingerprint density at radius 3 is 2.81 bits per heavy atom. The molecule has 1 spiro atoms. The molecule has 0 amide bonds. The summed E-state index contributed by atoms with van der Waals surface area (Å²) in [5.74, 6) is 0. The Bertz CT molecular complexity index is 468. The van der Waals surface area contributed by atoms with Gasteiger partial charge in [-0.25, -0.2) is 4.98 Å². The van der Waals surface area contributed by atoms with Crippen molar-refractivity contribution in [3.05, 3.63) is 16.1 Å². The van der Waals surface area contributed by atoms with Crippen LogP contribution in [0.25, 0.3) is 0 Å². The minimum atomic E-state index is 0.539. The van der Waals surface area contributed by atoms with Gasteiger partial charge in [0.25, 0.3) is 0 Å². The molecule has 2 aliphatic rings. The first-order chi connectivity index (χ1) is 10.1. The number of methoxy groups -OCH3 is 1. The molecule has 21 heavy (non-hydrogen) atoms. The Hall–Kier alpha value is -0.490. The maximum atomic E-state index is 5.38. The van der Waals surface area contributed by atoms with E-state index in [1.807, 2.05) is 12.6 Å². The summed E-state index contributed by atoms with van der Waals surface area (Å²) in [6.07, 6.45) is 3.97. The van der Waals surface area contributed by atoms with Crippen LogP contribution in [-0.2, 0) is 11.3 Å². The molecule has 4 nitrogen and oxygen atoms in total. The fourth-order valence-electron chi connectivity index (χ4n) is 3.99. The molecule has 0 N–H and O–H groups in total. The normalized spacial score (nSPS) is 26.7. The third kappa shape index (κ3) is 3.31. The van der Waals surface area contributed by atoms with Crippen LogP contribution in [0.3, 0.4) is 0 Å². The molecule has 1 aromatic rings. The SMILES string of the molecule is COC[C@@H]1CC2(CCN(Cc3scnc3C)CC2)CN1C. The van der Waals surface area contributed by atoms with Crippen molar-refractivity contribution < 1.29 is 4.74 Å². The summed E-state index contributed by atoms with van der Waals surface area (Å²) in [4.78, 5) is 10.9. The van der Waals surface area contributed by atoms with Crippen LogP contribution in [0.4, 0.5) is 0 Å². The van der Waals surface area contributed by atoms with Crippen LogP contribution >= 0.6 is 11.3 Å². The highest BCUT2D eigenvalue weighted by molar-refractivity contribution is 7.09. The fraction of sp³-hybridized carbons (Fsp3) is 0.812. The second-order valence-electron chi connectivity index (χ2n) is 6.87. The first-order valence-electron chi connectivity index (χ1n) is 7.92. The number of likely N-dealkylation sites (N-methyl/N-ethyl adjacent to an activating group) is 1. The molecule has 0 aromatic carbocycles. The van der Waals surface area contributed by atoms with Crippen LogP contribution in [0, 0.1) is 12.3 Å². The van der Waals surface area contributed by atoms with Crippen molar-refractivity contribution in [1.29, 1.82) is 0 Å². The zero-order valence-electron chi connectivity index (χ0n) is 13.5. The Morgan fingerprint density at radius 2 is 2.19 bits per heavy atom. The van der Waals surface area contributed by atoms with Crippen molar-refractivity contribution in [3.63, 3.8) is 0 Å². The van der Waals surface area contributed by atoms with E-state index in [0.29, 0.717) is 11.5 Å². The van der Waals surface area contributed by atoms with Gasteiger partial charge < -0.3 is 9.64 Å². The van der Waals surface area contributed by atoms with Gasteiger partial charge in [-0.15, -0.1) is 11.3 Å². The van der Waals surface area contributed by atoms with E-state index in [0.717, 1.165) is 13.2 Å². The fourth-order valence-corrected chi connectivity index (χ4v) is 4.80. The zero-order chi connectivity index (χ0) is 14.9. The highest BCUT2D eigenvalue weighted by Gasteiger charge is 2.43. The molecule has 2 saturated heterocycles. The summed E-state index contributed by atoms with van der Waals surface area (Å²) >= 11 is 1.80. The number of rotatable bonds is 4. The molecule has 1 aromatic heterocycles. The van der Waals surface area contributed by atoms with E-state index in [1.54, 1.807) is 11.3 Å². The molecule has 3 heterocycles. The summed E-state index contributed by atoms with van der Waals surface area (Å²) < 4.78 is 5.38. The molecule has 3 rings (SSSR count). The Morgan fingerprint density at radius 1 is 1.43 bits per heavy atom. The number of thiazole rings is 1. The maximum Gasteiger partial charge on any atom is 0.0798 e. The zero-order valence-corrected chi connectivity index (χ0v) is 14.3. The van der Waals surface area contributed by atoms with E-state index < -0.39 is 0 Å². The van der Waals surface area contributed by atoms with Gasteiger partial charge in [0.1, 0.15) is 0 Å². The molecule has 0 aliphatic carbocycles. The molecule has 0 saturated carbocycles. The van der Waals surface area contributed by atoms with Crippen molar-refractivity contribution in [1.82, 2.24) is 14.8 Å². The van der Waals surface area contributed by atoms with Gasteiger partial charge >= 0.3 is 0 Å². The predicted molar refractivity (Wildman–Crippen MR) is 86.7 cm³/mol. The second kappa shape index (κ2) is 6.32. The minimum Gasteiger partial charge on any atom is -0.383 e. The minimum absolute atomic E-state index is 0.539. The number of nitrogens with zero attached hydrogens (tertiary/aromatic N) is 3. The molecule has 118 valence electrons. The van der Waals surface area contributed by atoms with Crippen LogP contribution in [0.1, 0.15) is 29.8 Å². The number of aromatic nitrogens is 1. The molecular weight excluding hydrogens is 282 g/mol.